The molecule has 0 aliphatic carbocycles. The van der Waals surface area contributed by atoms with Crippen molar-refractivity contribution in [2.75, 3.05) is 18.0 Å². The van der Waals surface area contributed by atoms with Crippen LogP contribution < -0.4 is 10.2 Å². The van der Waals surface area contributed by atoms with E-state index in [0.29, 0.717) is 25.9 Å². The summed E-state index contributed by atoms with van der Waals surface area (Å²) in [5.74, 6) is 0.0445. The highest BCUT2D eigenvalue weighted by molar-refractivity contribution is 8.14. The van der Waals surface area contributed by atoms with E-state index in [4.69, 9.17) is 4.74 Å². The number of amides is 2. The summed E-state index contributed by atoms with van der Waals surface area (Å²) < 4.78 is 5.19. The Morgan fingerprint density at radius 2 is 1.92 bits per heavy atom. The number of rotatable bonds is 5. The zero-order valence-electron chi connectivity index (χ0n) is 15.7. The maximum absolute atomic E-state index is 12.2. The quantitative estimate of drug-likeness (QED) is 0.852. The number of carbonyl (C=O) groups is 3. The molecule has 0 aromatic heterocycles. The van der Waals surface area contributed by atoms with E-state index in [0.717, 1.165) is 11.3 Å². The molecule has 0 bridgehead atoms. The van der Waals surface area contributed by atoms with Gasteiger partial charge in [-0.3, -0.25) is 9.59 Å². The van der Waals surface area contributed by atoms with Crippen LogP contribution in [0.5, 0.6) is 0 Å². The number of thioether (sulfide) groups is 1. The molecule has 1 aromatic carbocycles. The summed E-state index contributed by atoms with van der Waals surface area (Å²) in [5, 5.41) is 2.79. The van der Waals surface area contributed by atoms with Gasteiger partial charge in [0.25, 0.3) is 0 Å². The van der Waals surface area contributed by atoms with Crippen LogP contribution in [-0.2, 0) is 20.7 Å². The third-order valence-corrected chi connectivity index (χ3v) is 4.73. The zero-order chi connectivity index (χ0) is 19.3. The SMILES string of the molecule is CC(=O)SC1CC(=O)N(c2ccc(CCNC(=O)OC(C)(C)C)cc2)C1. The Balaban J connectivity index is 1.84. The van der Waals surface area contributed by atoms with Crippen molar-refractivity contribution < 1.29 is 19.1 Å². The van der Waals surface area contributed by atoms with Gasteiger partial charge in [0.15, 0.2) is 5.12 Å². The molecule has 7 heteroatoms. The van der Waals surface area contributed by atoms with E-state index in [9.17, 15) is 14.4 Å². The predicted molar refractivity (Wildman–Crippen MR) is 103 cm³/mol. The first-order valence-electron chi connectivity index (χ1n) is 8.67. The Labute approximate surface area is 158 Å². The molecule has 1 fully saturated rings. The molecule has 1 heterocycles. The van der Waals surface area contributed by atoms with Crippen molar-refractivity contribution in [3.05, 3.63) is 29.8 Å². The zero-order valence-corrected chi connectivity index (χ0v) is 16.5. The lowest BCUT2D eigenvalue weighted by molar-refractivity contribution is -0.117. The largest absolute Gasteiger partial charge is 0.444 e. The first-order chi connectivity index (χ1) is 12.1. The minimum Gasteiger partial charge on any atom is -0.444 e. The molecule has 2 amide bonds. The Morgan fingerprint density at radius 3 is 2.50 bits per heavy atom. The maximum atomic E-state index is 12.2. The van der Waals surface area contributed by atoms with Crippen molar-refractivity contribution in [3.63, 3.8) is 0 Å². The number of nitrogens with zero attached hydrogens (tertiary/aromatic N) is 1. The Hall–Kier alpha value is -2.02. The number of alkyl carbamates (subject to hydrolysis) is 1. The highest BCUT2D eigenvalue weighted by Crippen LogP contribution is 2.28. The fourth-order valence-electron chi connectivity index (χ4n) is 2.70. The standard InChI is InChI=1S/C19H26N2O4S/c1-13(22)26-16-11-17(23)21(12-16)15-7-5-14(6-8-15)9-10-20-18(24)25-19(2,3)4/h5-8,16H,9-12H2,1-4H3,(H,20,24). The molecule has 1 saturated heterocycles. The monoisotopic (exact) mass is 378 g/mol. The van der Waals surface area contributed by atoms with Crippen LogP contribution in [0.4, 0.5) is 10.5 Å². The molecule has 1 N–H and O–H groups in total. The molecule has 1 aliphatic rings. The fraction of sp³-hybridized carbons (Fsp3) is 0.526. The van der Waals surface area contributed by atoms with Crippen LogP contribution >= 0.6 is 11.8 Å². The summed E-state index contributed by atoms with van der Waals surface area (Å²) in [6, 6.07) is 7.71. The molecule has 6 nitrogen and oxygen atoms in total. The molecular weight excluding hydrogens is 352 g/mol. The number of hydrogen-bond donors (Lipinski definition) is 1. The Morgan fingerprint density at radius 1 is 1.27 bits per heavy atom. The van der Waals surface area contributed by atoms with Crippen molar-refractivity contribution in [2.45, 2.75) is 51.4 Å². The van der Waals surface area contributed by atoms with E-state index >= 15 is 0 Å². The second kappa shape index (κ2) is 8.58. The smallest absolute Gasteiger partial charge is 0.407 e. The van der Waals surface area contributed by atoms with E-state index in [1.54, 1.807) is 4.90 Å². The van der Waals surface area contributed by atoms with E-state index < -0.39 is 11.7 Å². The van der Waals surface area contributed by atoms with Crippen LogP contribution in [0.3, 0.4) is 0 Å². The third-order valence-electron chi connectivity index (χ3n) is 3.75. The first kappa shape index (κ1) is 20.3. The maximum Gasteiger partial charge on any atom is 0.407 e. The van der Waals surface area contributed by atoms with Crippen molar-refractivity contribution in [3.8, 4) is 0 Å². The topological polar surface area (TPSA) is 75.7 Å². The lowest BCUT2D eigenvalue weighted by Crippen LogP contribution is -2.33. The molecule has 1 atom stereocenters. The second-order valence-corrected chi connectivity index (χ2v) is 8.76. The van der Waals surface area contributed by atoms with Crippen LogP contribution in [0.1, 0.15) is 39.7 Å². The highest BCUT2D eigenvalue weighted by atomic mass is 32.2. The minimum absolute atomic E-state index is 0.0257. The van der Waals surface area contributed by atoms with E-state index in [1.165, 1.54) is 18.7 Å². The van der Waals surface area contributed by atoms with Gasteiger partial charge < -0.3 is 15.0 Å². The normalized spacial score (nSPS) is 17.3. The third kappa shape index (κ3) is 6.37. The summed E-state index contributed by atoms with van der Waals surface area (Å²) in [7, 11) is 0. The van der Waals surface area contributed by atoms with Crippen LogP contribution in [0.2, 0.25) is 0 Å². The number of carbonyl (C=O) groups excluding carboxylic acids is 3. The van der Waals surface area contributed by atoms with Crippen molar-refractivity contribution in [1.82, 2.24) is 5.32 Å². The molecule has 0 radical (unpaired) electrons. The van der Waals surface area contributed by atoms with E-state index in [1.807, 2.05) is 45.0 Å². The number of anilines is 1. The lowest BCUT2D eigenvalue weighted by Gasteiger charge is -2.19. The van der Waals surface area contributed by atoms with Crippen LogP contribution in [0.25, 0.3) is 0 Å². The first-order valence-corrected chi connectivity index (χ1v) is 9.55. The predicted octanol–water partition coefficient (Wildman–Crippen LogP) is 3.14. The van der Waals surface area contributed by atoms with Gasteiger partial charge in [-0.05, 0) is 44.9 Å². The van der Waals surface area contributed by atoms with Crippen molar-refractivity contribution >= 4 is 34.6 Å². The van der Waals surface area contributed by atoms with Gasteiger partial charge >= 0.3 is 6.09 Å². The van der Waals surface area contributed by atoms with Crippen LogP contribution in [0, 0.1) is 0 Å². The minimum atomic E-state index is -0.507. The number of benzene rings is 1. The van der Waals surface area contributed by atoms with E-state index in [-0.39, 0.29) is 16.3 Å². The van der Waals surface area contributed by atoms with Gasteiger partial charge in [-0.2, -0.15) is 0 Å². The van der Waals surface area contributed by atoms with Gasteiger partial charge in [-0.15, -0.1) is 0 Å². The molecule has 26 heavy (non-hydrogen) atoms. The average Bonchev–Trinajstić information content (AvgIpc) is 2.86. The number of ether oxygens (including phenoxy) is 1. The molecule has 1 aromatic rings. The molecule has 2 rings (SSSR count). The van der Waals surface area contributed by atoms with Crippen LogP contribution in [0.15, 0.2) is 24.3 Å². The van der Waals surface area contributed by atoms with Gasteiger partial charge in [0, 0.05) is 37.4 Å². The van der Waals surface area contributed by atoms with E-state index in [2.05, 4.69) is 5.32 Å². The van der Waals surface area contributed by atoms with Gasteiger partial charge in [0.2, 0.25) is 5.91 Å². The molecule has 0 spiro atoms. The summed E-state index contributed by atoms with van der Waals surface area (Å²) >= 11 is 1.23. The van der Waals surface area contributed by atoms with Gasteiger partial charge in [0.05, 0.1) is 0 Å². The molecule has 1 aliphatic heterocycles. The summed E-state index contributed by atoms with van der Waals surface area (Å²) in [6.07, 6.45) is 0.646. The van der Waals surface area contributed by atoms with Crippen molar-refractivity contribution in [1.29, 1.82) is 0 Å². The summed E-state index contributed by atoms with van der Waals surface area (Å²) in [5.41, 5.74) is 1.39. The fourth-order valence-corrected chi connectivity index (χ4v) is 3.62. The van der Waals surface area contributed by atoms with Gasteiger partial charge in [0.1, 0.15) is 5.60 Å². The second-order valence-electron chi connectivity index (χ2n) is 7.29. The van der Waals surface area contributed by atoms with Gasteiger partial charge in [-0.1, -0.05) is 23.9 Å². The van der Waals surface area contributed by atoms with Gasteiger partial charge in [-0.25, -0.2) is 4.79 Å². The number of hydrogen-bond acceptors (Lipinski definition) is 5. The molecular formula is C19H26N2O4S. The molecule has 142 valence electrons. The Kier molecular flexibility index (Phi) is 6.69. The van der Waals surface area contributed by atoms with Crippen molar-refractivity contribution in [2.24, 2.45) is 0 Å². The lowest BCUT2D eigenvalue weighted by atomic mass is 10.1. The summed E-state index contributed by atoms with van der Waals surface area (Å²) in [4.78, 5) is 36.7. The average molecular weight is 378 g/mol. The Bertz CT molecular complexity index is 667. The highest BCUT2D eigenvalue weighted by Gasteiger charge is 2.31. The van der Waals surface area contributed by atoms with Crippen LogP contribution in [-0.4, -0.2) is 41.1 Å². The number of nitrogens with one attached hydrogen (secondary N) is 1. The molecule has 0 saturated carbocycles. The molecule has 1 unspecified atom stereocenters. The summed E-state index contributed by atoms with van der Waals surface area (Å²) in [6.45, 7) is 8.04.